The summed E-state index contributed by atoms with van der Waals surface area (Å²) >= 11 is 0. The van der Waals surface area contributed by atoms with Gasteiger partial charge in [-0.3, -0.25) is 4.90 Å². The van der Waals surface area contributed by atoms with Crippen LogP contribution in [0.1, 0.15) is 38.3 Å². The van der Waals surface area contributed by atoms with E-state index >= 15 is 0 Å². The van der Waals surface area contributed by atoms with Crippen molar-refractivity contribution in [3.05, 3.63) is 35.1 Å². The highest BCUT2D eigenvalue weighted by molar-refractivity contribution is 5.26. The molecule has 1 aromatic rings. The van der Waals surface area contributed by atoms with E-state index in [1.807, 2.05) is 0 Å². The predicted octanol–water partition coefficient (Wildman–Crippen LogP) is 4.51. The fraction of sp³-hybridized carbons (Fsp3) is 0.625. The Hall–Kier alpha value is -1.10. The van der Waals surface area contributed by atoms with E-state index in [0.29, 0.717) is 24.0 Å². The average Bonchev–Trinajstić information content (AvgIpc) is 2.25. The quantitative estimate of drug-likeness (QED) is 0.743. The van der Waals surface area contributed by atoms with Gasteiger partial charge in [0.2, 0.25) is 0 Å². The molecule has 1 aromatic carbocycles. The van der Waals surface area contributed by atoms with Crippen molar-refractivity contribution in [2.45, 2.75) is 45.3 Å². The summed E-state index contributed by atoms with van der Waals surface area (Å²) in [7, 11) is 0. The lowest BCUT2D eigenvalue weighted by Gasteiger charge is -2.48. The van der Waals surface area contributed by atoms with Crippen LogP contribution in [0.15, 0.2) is 18.2 Å². The van der Waals surface area contributed by atoms with Gasteiger partial charge in [0.05, 0.1) is 5.56 Å². The van der Waals surface area contributed by atoms with Gasteiger partial charge in [-0.2, -0.15) is 13.2 Å². The van der Waals surface area contributed by atoms with Gasteiger partial charge >= 0.3 is 6.18 Å². The number of nitrogens with zero attached hydrogens (tertiary/aromatic N) is 1. The number of halogens is 4. The van der Waals surface area contributed by atoms with Crippen molar-refractivity contribution in [1.82, 2.24) is 4.90 Å². The minimum absolute atomic E-state index is 0.149. The summed E-state index contributed by atoms with van der Waals surface area (Å²) in [6.07, 6.45) is -3.18. The van der Waals surface area contributed by atoms with Crippen LogP contribution < -0.4 is 0 Å². The normalized spacial score (nSPS) is 17.9. The minimum atomic E-state index is -4.49. The molecule has 21 heavy (non-hydrogen) atoms. The van der Waals surface area contributed by atoms with Crippen LogP contribution in [-0.4, -0.2) is 23.5 Å². The third kappa shape index (κ3) is 3.96. The summed E-state index contributed by atoms with van der Waals surface area (Å²) in [5.41, 5.74) is -0.403. The average molecular weight is 303 g/mol. The number of hydrogen-bond donors (Lipinski definition) is 0. The number of benzene rings is 1. The van der Waals surface area contributed by atoms with E-state index in [1.54, 1.807) is 0 Å². The van der Waals surface area contributed by atoms with Gasteiger partial charge < -0.3 is 0 Å². The number of alkyl halides is 3. The molecule has 0 aliphatic carbocycles. The highest BCUT2D eigenvalue weighted by atomic mass is 19.4. The Kier molecular flexibility index (Phi) is 4.34. The third-order valence-electron chi connectivity index (χ3n) is 4.11. The van der Waals surface area contributed by atoms with Gasteiger partial charge in [-0.1, -0.05) is 6.07 Å². The summed E-state index contributed by atoms with van der Waals surface area (Å²) in [4.78, 5) is 2.35. The molecule has 0 unspecified atom stereocenters. The van der Waals surface area contributed by atoms with Crippen molar-refractivity contribution in [2.24, 2.45) is 5.92 Å². The fourth-order valence-electron chi connectivity index (χ4n) is 2.59. The largest absolute Gasteiger partial charge is 0.416 e. The first-order valence-electron chi connectivity index (χ1n) is 7.18. The zero-order valence-electron chi connectivity index (χ0n) is 12.6. The van der Waals surface area contributed by atoms with E-state index in [2.05, 4.69) is 25.7 Å². The van der Waals surface area contributed by atoms with Crippen molar-refractivity contribution >= 4 is 0 Å². The van der Waals surface area contributed by atoms with Crippen LogP contribution in [0.4, 0.5) is 17.6 Å². The van der Waals surface area contributed by atoms with Crippen LogP contribution in [-0.2, 0) is 12.6 Å². The van der Waals surface area contributed by atoms with Gasteiger partial charge in [0, 0.05) is 18.6 Å². The SMILES string of the molecule is CC(C)(C)N1CC(CCc2ccc(C(F)(F)F)cc2F)C1. The molecular weight excluding hydrogens is 282 g/mol. The van der Waals surface area contributed by atoms with Gasteiger partial charge in [-0.05, 0) is 57.2 Å². The molecule has 0 bridgehead atoms. The van der Waals surface area contributed by atoms with Crippen molar-refractivity contribution in [3.63, 3.8) is 0 Å². The van der Waals surface area contributed by atoms with Gasteiger partial charge in [0.25, 0.3) is 0 Å². The minimum Gasteiger partial charge on any atom is -0.298 e. The smallest absolute Gasteiger partial charge is 0.298 e. The predicted molar refractivity (Wildman–Crippen MR) is 74.5 cm³/mol. The van der Waals surface area contributed by atoms with Gasteiger partial charge in [0.1, 0.15) is 5.82 Å². The van der Waals surface area contributed by atoms with Crippen molar-refractivity contribution in [2.75, 3.05) is 13.1 Å². The number of rotatable bonds is 3. The number of hydrogen-bond acceptors (Lipinski definition) is 1. The third-order valence-corrected chi connectivity index (χ3v) is 4.11. The molecule has 0 amide bonds. The molecule has 1 heterocycles. The lowest BCUT2D eigenvalue weighted by Crippen LogP contribution is -2.55. The van der Waals surface area contributed by atoms with Crippen LogP contribution in [0.2, 0.25) is 0 Å². The Labute approximate surface area is 122 Å². The van der Waals surface area contributed by atoms with Crippen molar-refractivity contribution < 1.29 is 17.6 Å². The number of aryl methyl sites for hydroxylation is 1. The van der Waals surface area contributed by atoms with Crippen LogP contribution in [0.3, 0.4) is 0 Å². The topological polar surface area (TPSA) is 3.24 Å². The summed E-state index contributed by atoms with van der Waals surface area (Å²) in [6, 6.07) is 2.82. The molecule has 0 radical (unpaired) electrons. The zero-order valence-corrected chi connectivity index (χ0v) is 12.6. The second-order valence-electron chi connectivity index (χ2n) is 6.78. The molecule has 5 heteroatoms. The van der Waals surface area contributed by atoms with Crippen LogP contribution >= 0.6 is 0 Å². The lowest BCUT2D eigenvalue weighted by molar-refractivity contribution is -0.137. The van der Waals surface area contributed by atoms with Crippen molar-refractivity contribution in [1.29, 1.82) is 0 Å². The van der Waals surface area contributed by atoms with Crippen LogP contribution in [0.5, 0.6) is 0 Å². The lowest BCUT2D eigenvalue weighted by atomic mass is 9.88. The summed E-state index contributed by atoms with van der Waals surface area (Å²) < 4.78 is 51.1. The Morgan fingerprint density at radius 1 is 1.14 bits per heavy atom. The Balaban J connectivity index is 1.88. The molecule has 1 fully saturated rings. The fourth-order valence-corrected chi connectivity index (χ4v) is 2.59. The zero-order chi connectivity index (χ0) is 15.8. The second kappa shape index (κ2) is 5.59. The molecule has 1 aliphatic heterocycles. The van der Waals surface area contributed by atoms with Crippen molar-refractivity contribution in [3.8, 4) is 0 Å². The molecule has 118 valence electrons. The Morgan fingerprint density at radius 3 is 2.24 bits per heavy atom. The van der Waals surface area contributed by atoms with Gasteiger partial charge in [-0.15, -0.1) is 0 Å². The maximum Gasteiger partial charge on any atom is 0.416 e. The van der Waals surface area contributed by atoms with Gasteiger partial charge in [0.15, 0.2) is 0 Å². The van der Waals surface area contributed by atoms with E-state index in [9.17, 15) is 17.6 Å². The van der Waals surface area contributed by atoms with Crippen LogP contribution in [0, 0.1) is 11.7 Å². The first-order chi connectivity index (χ1) is 9.57. The first-order valence-corrected chi connectivity index (χ1v) is 7.18. The highest BCUT2D eigenvalue weighted by Crippen LogP contribution is 2.32. The summed E-state index contributed by atoms with van der Waals surface area (Å²) in [5.74, 6) is -0.247. The Morgan fingerprint density at radius 2 is 1.76 bits per heavy atom. The molecule has 1 nitrogen and oxygen atoms in total. The maximum atomic E-state index is 13.7. The van der Waals surface area contributed by atoms with Gasteiger partial charge in [-0.25, -0.2) is 4.39 Å². The number of likely N-dealkylation sites (tertiary alicyclic amines) is 1. The molecule has 0 saturated carbocycles. The van der Waals surface area contributed by atoms with E-state index < -0.39 is 17.6 Å². The molecule has 1 saturated heterocycles. The molecule has 2 rings (SSSR count). The summed E-state index contributed by atoms with van der Waals surface area (Å²) in [6.45, 7) is 8.41. The second-order valence-corrected chi connectivity index (χ2v) is 6.78. The monoisotopic (exact) mass is 303 g/mol. The first kappa shape index (κ1) is 16.3. The molecule has 0 aromatic heterocycles. The highest BCUT2D eigenvalue weighted by Gasteiger charge is 2.34. The molecular formula is C16H21F4N. The van der Waals surface area contributed by atoms with E-state index in [-0.39, 0.29) is 5.54 Å². The summed E-state index contributed by atoms with van der Waals surface area (Å²) in [5, 5.41) is 0. The van der Waals surface area contributed by atoms with E-state index in [4.69, 9.17) is 0 Å². The molecule has 0 spiro atoms. The van der Waals surface area contributed by atoms with Crippen LogP contribution in [0.25, 0.3) is 0 Å². The molecule has 0 N–H and O–H groups in total. The maximum absolute atomic E-state index is 13.7. The van der Waals surface area contributed by atoms with E-state index in [1.165, 1.54) is 6.07 Å². The standard InChI is InChI=1S/C16H21F4N/c1-15(2,3)21-9-11(10-21)4-5-12-6-7-13(8-14(12)17)16(18,19)20/h6-8,11H,4-5,9-10H2,1-3H3. The Bertz CT molecular complexity index is 496. The van der Waals surface area contributed by atoms with E-state index in [0.717, 1.165) is 25.6 Å². The molecule has 0 atom stereocenters. The molecule has 1 aliphatic rings.